The van der Waals surface area contributed by atoms with Crippen molar-refractivity contribution in [2.75, 3.05) is 17.3 Å². The molecule has 0 aromatic heterocycles. The van der Waals surface area contributed by atoms with Crippen LogP contribution in [0.1, 0.15) is 12.0 Å². The molecule has 0 saturated carbocycles. The third kappa shape index (κ3) is 4.88. The molecule has 174 valence electrons. The standard InChI is InChI=1S/C25H21F2N3O4/c1-34-21-7-2-4-16(12-21)15-29-22(14-23(31)28-19-6-3-5-18(27)13-19)24(32)30(25(29)33)20-10-8-17(26)9-11-20/h2-13,22H,14-15H2,1H3,(H,28,31). The summed E-state index contributed by atoms with van der Waals surface area (Å²) < 4.78 is 32.1. The van der Waals surface area contributed by atoms with E-state index in [1.807, 2.05) is 0 Å². The lowest BCUT2D eigenvalue weighted by Gasteiger charge is -2.22. The summed E-state index contributed by atoms with van der Waals surface area (Å²) >= 11 is 0. The number of anilines is 2. The van der Waals surface area contributed by atoms with Gasteiger partial charge in [-0.2, -0.15) is 0 Å². The number of amides is 4. The van der Waals surface area contributed by atoms with E-state index in [9.17, 15) is 23.2 Å². The van der Waals surface area contributed by atoms with Crippen molar-refractivity contribution in [3.8, 4) is 5.75 Å². The zero-order valence-corrected chi connectivity index (χ0v) is 18.2. The van der Waals surface area contributed by atoms with Crippen LogP contribution >= 0.6 is 0 Å². The van der Waals surface area contributed by atoms with E-state index in [1.165, 1.54) is 42.3 Å². The van der Waals surface area contributed by atoms with E-state index in [0.29, 0.717) is 11.3 Å². The SMILES string of the molecule is COc1cccc(CN2C(=O)N(c3ccc(F)cc3)C(=O)C2CC(=O)Nc2cccc(F)c2)c1. The lowest BCUT2D eigenvalue weighted by molar-refractivity contribution is -0.124. The molecule has 1 unspecified atom stereocenters. The maximum absolute atomic E-state index is 13.5. The van der Waals surface area contributed by atoms with Crippen LogP contribution in [-0.2, 0) is 16.1 Å². The fourth-order valence-corrected chi connectivity index (χ4v) is 3.76. The summed E-state index contributed by atoms with van der Waals surface area (Å²) in [7, 11) is 1.51. The van der Waals surface area contributed by atoms with Crippen LogP contribution in [0.5, 0.6) is 5.75 Å². The predicted molar refractivity (Wildman–Crippen MR) is 121 cm³/mol. The van der Waals surface area contributed by atoms with Gasteiger partial charge in [0.2, 0.25) is 5.91 Å². The lowest BCUT2D eigenvalue weighted by atomic mass is 10.1. The fourth-order valence-electron chi connectivity index (χ4n) is 3.76. The summed E-state index contributed by atoms with van der Waals surface area (Å²) in [5.74, 6) is -1.64. The molecule has 0 aliphatic carbocycles. The van der Waals surface area contributed by atoms with E-state index >= 15 is 0 Å². The number of ether oxygens (including phenoxy) is 1. The van der Waals surface area contributed by atoms with Crippen LogP contribution in [0.4, 0.5) is 25.0 Å². The van der Waals surface area contributed by atoms with Gasteiger partial charge in [0.1, 0.15) is 23.4 Å². The molecule has 0 spiro atoms. The first kappa shape index (κ1) is 22.9. The molecule has 9 heteroatoms. The summed E-state index contributed by atoms with van der Waals surface area (Å²) in [5.41, 5.74) is 1.12. The molecule has 0 radical (unpaired) electrons. The van der Waals surface area contributed by atoms with Gasteiger partial charge in [0.05, 0.1) is 19.2 Å². The van der Waals surface area contributed by atoms with E-state index in [-0.39, 0.29) is 24.3 Å². The Bertz CT molecular complexity index is 1230. The average molecular weight is 465 g/mol. The van der Waals surface area contributed by atoms with Gasteiger partial charge in [-0.1, -0.05) is 18.2 Å². The van der Waals surface area contributed by atoms with Gasteiger partial charge in [-0.3, -0.25) is 9.59 Å². The Morgan fingerprint density at radius 3 is 2.41 bits per heavy atom. The van der Waals surface area contributed by atoms with E-state index in [1.54, 1.807) is 24.3 Å². The number of rotatable bonds is 7. The minimum Gasteiger partial charge on any atom is -0.497 e. The fraction of sp³-hybridized carbons (Fsp3) is 0.160. The molecule has 34 heavy (non-hydrogen) atoms. The molecular formula is C25H21F2N3O4. The Balaban J connectivity index is 1.61. The molecule has 1 fully saturated rings. The van der Waals surface area contributed by atoms with Crippen molar-refractivity contribution in [1.82, 2.24) is 4.90 Å². The van der Waals surface area contributed by atoms with E-state index in [0.717, 1.165) is 23.1 Å². The summed E-state index contributed by atoms with van der Waals surface area (Å²) in [6.45, 7) is 0.0391. The zero-order chi connectivity index (χ0) is 24.2. The molecule has 3 aromatic rings. The molecule has 4 rings (SSSR count). The number of nitrogens with one attached hydrogen (secondary N) is 1. The number of urea groups is 1. The molecule has 0 bridgehead atoms. The smallest absolute Gasteiger partial charge is 0.332 e. The first-order valence-corrected chi connectivity index (χ1v) is 10.4. The number of hydrogen-bond acceptors (Lipinski definition) is 4. The van der Waals surface area contributed by atoms with Crippen LogP contribution < -0.4 is 15.0 Å². The first-order valence-electron chi connectivity index (χ1n) is 10.4. The number of hydrogen-bond donors (Lipinski definition) is 1. The van der Waals surface area contributed by atoms with Gasteiger partial charge >= 0.3 is 6.03 Å². The summed E-state index contributed by atoms with van der Waals surface area (Å²) in [5, 5.41) is 2.55. The largest absolute Gasteiger partial charge is 0.497 e. The van der Waals surface area contributed by atoms with Crippen molar-refractivity contribution in [1.29, 1.82) is 0 Å². The average Bonchev–Trinajstić information content (AvgIpc) is 3.04. The number of imide groups is 1. The van der Waals surface area contributed by atoms with Crippen molar-refractivity contribution < 1.29 is 27.9 Å². The second-order valence-corrected chi connectivity index (χ2v) is 7.69. The first-order chi connectivity index (χ1) is 16.4. The summed E-state index contributed by atoms with van der Waals surface area (Å²) in [6.07, 6.45) is -0.344. The number of carbonyl (C=O) groups is 3. The molecule has 7 nitrogen and oxygen atoms in total. The second-order valence-electron chi connectivity index (χ2n) is 7.69. The van der Waals surface area contributed by atoms with E-state index in [2.05, 4.69) is 5.32 Å². The Morgan fingerprint density at radius 2 is 1.71 bits per heavy atom. The van der Waals surface area contributed by atoms with Gasteiger partial charge in [0.15, 0.2) is 0 Å². The van der Waals surface area contributed by atoms with Crippen molar-refractivity contribution in [3.63, 3.8) is 0 Å². The topological polar surface area (TPSA) is 79.0 Å². The lowest BCUT2D eigenvalue weighted by Crippen LogP contribution is -2.37. The van der Waals surface area contributed by atoms with Crippen molar-refractivity contribution >= 4 is 29.2 Å². The Kier molecular flexibility index (Phi) is 6.53. The number of methoxy groups -OCH3 is 1. The highest BCUT2D eigenvalue weighted by Gasteiger charge is 2.46. The molecule has 1 saturated heterocycles. The summed E-state index contributed by atoms with van der Waals surface area (Å²) in [6, 6.07) is 15.5. The zero-order valence-electron chi connectivity index (χ0n) is 18.2. The number of nitrogens with zero attached hydrogens (tertiary/aromatic N) is 2. The van der Waals surface area contributed by atoms with Gasteiger partial charge in [0.25, 0.3) is 5.91 Å². The van der Waals surface area contributed by atoms with Crippen LogP contribution in [0, 0.1) is 11.6 Å². The highest BCUT2D eigenvalue weighted by molar-refractivity contribution is 6.22. The van der Waals surface area contributed by atoms with Crippen LogP contribution in [0.2, 0.25) is 0 Å². The molecule has 1 aliphatic heterocycles. The normalized spacial score (nSPS) is 15.6. The second kappa shape index (κ2) is 9.70. The Hall–Kier alpha value is -4.27. The number of carbonyl (C=O) groups excluding carboxylic acids is 3. The molecule has 1 atom stereocenters. The van der Waals surface area contributed by atoms with E-state index in [4.69, 9.17) is 4.74 Å². The number of halogens is 2. The highest BCUT2D eigenvalue weighted by atomic mass is 19.1. The predicted octanol–water partition coefficient (Wildman–Crippen LogP) is 4.34. The maximum Gasteiger partial charge on any atom is 0.332 e. The molecule has 1 N–H and O–H groups in total. The molecule has 1 aliphatic rings. The third-order valence-corrected chi connectivity index (χ3v) is 5.38. The molecule has 4 amide bonds. The van der Waals surface area contributed by atoms with Crippen molar-refractivity contribution in [3.05, 3.63) is 90.0 Å². The monoisotopic (exact) mass is 465 g/mol. The maximum atomic E-state index is 13.5. The minimum atomic E-state index is -1.11. The van der Waals surface area contributed by atoms with Gasteiger partial charge < -0.3 is 15.0 Å². The number of benzene rings is 3. The van der Waals surface area contributed by atoms with Gasteiger partial charge in [-0.05, 0) is 60.2 Å². The molecule has 3 aromatic carbocycles. The van der Waals surface area contributed by atoms with Crippen molar-refractivity contribution in [2.45, 2.75) is 19.0 Å². The third-order valence-electron chi connectivity index (χ3n) is 5.38. The summed E-state index contributed by atoms with van der Waals surface area (Å²) in [4.78, 5) is 41.5. The van der Waals surface area contributed by atoms with Crippen LogP contribution in [0.15, 0.2) is 72.8 Å². The molecular weight excluding hydrogens is 444 g/mol. The molecule has 1 heterocycles. The van der Waals surface area contributed by atoms with E-state index < -0.39 is 35.5 Å². The Labute approximate surface area is 194 Å². The van der Waals surface area contributed by atoms with Crippen LogP contribution in [0.3, 0.4) is 0 Å². The van der Waals surface area contributed by atoms with Crippen LogP contribution in [0.25, 0.3) is 0 Å². The van der Waals surface area contributed by atoms with Gasteiger partial charge in [0, 0.05) is 12.2 Å². The van der Waals surface area contributed by atoms with Crippen molar-refractivity contribution in [2.24, 2.45) is 0 Å². The van der Waals surface area contributed by atoms with Crippen LogP contribution in [-0.4, -0.2) is 35.9 Å². The Morgan fingerprint density at radius 1 is 0.971 bits per heavy atom. The minimum absolute atomic E-state index is 0.0391. The van der Waals surface area contributed by atoms with Gasteiger partial charge in [-0.15, -0.1) is 0 Å². The van der Waals surface area contributed by atoms with Gasteiger partial charge in [-0.25, -0.2) is 18.5 Å². The highest BCUT2D eigenvalue weighted by Crippen LogP contribution is 2.29. The quantitative estimate of drug-likeness (QED) is 0.527.